The molecule has 71 valence electrons. The monoisotopic (exact) mass is 182 g/mol. The summed E-state index contributed by atoms with van der Waals surface area (Å²) in [7, 11) is 1.71. The highest BCUT2D eigenvalue weighted by Crippen LogP contribution is 2.28. The Morgan fingerprint density at radius 1 is 1.54 bits per heavy atom. The van der Waals surface area contributed by atoms with Gasteiger partial charge in [0.1, 0.15) is 0 Å². The fourth-order valence-corrected chi connectivity index (χ4v) is 1.05. The second-order valence-electron chi connectivity index (χ2n) is 2.80. The summed E-state index contributed by atoms with van der Waals surface area (Å²) in [6, 6.07) is 4.05. The highest BCUT2D eigenvalue weighted by molar-refractivity contribution is 5.41. The first-order valence-electron chi connectivity index (χ1n) is 3.97. The third kappa shape index (κ3) is 2.34. The molecule has 1 aromatic carbocycles. The number of aromatic hydroxyl groups is 1. The number of benzene rings is 1. The minimum atomic E-state index is -0.710. The summed E-state index contributed by atoms with van der Waals surface area (Å²) in [4.78, 5) is 0. The molecular weight excluding hydrogens is 170 g/mol. The summed E-state index contributed by atoms with van der Waals surface area (Å²) in [6.07, 6.45) is -0.710. The Morgan fingerprint density at radius 3 is 2.77 bits per heavy atom. The SMILES string of the molecule is CNCC(O)c1ccc(O)c([O])c1. The molecule has 3 N–H and O–H groups in total. The molecule has 1 rings (SSSR count). The maximum atomic E-state index is 11.0. The molecule has 1 atom stereocenters. The zero-order valence-corrected chi connectivity index (χ0v) is 7.32. The molecule has 0 aliphatic rings. The molecule has 4 nitrogen and oxygen atoms in total. The van der Waals surface area contributed by atoms with Crippen LogP contribution in [0.2, 0.25) is 0 Å². The van der Waals surface area contributed by atoms with Gasteiger partial charge in [-0.25, -0.2) is 0 Å². The van der Waals surface area contributed by atoms with Crippen LogP contribution in [0.25, 0.3) is 0 Å². The second kappa shape index (κ2) is 4.11. The average Bonchev–Trinajstić information content (AvgIpc) is 2.10. The van der Waals surface area contributed by atoms with Crippen molar-refractivity contribution in [3.05, 3.63) is 23.8 Å². The Morgan fingerprint density at radius 2 is 2.23 bits per heavy atom. The molecule has 0 fully saturated rings. The van der Waals surface area contributed by atoms with E-state index in [4.69, 9.17) is 5.11 Å². The van der Waals surface area contributed by atoms with E-state index in [-0.39, 0.29) is 5.75 Å². The lowest BCUT2D eigenvalue weighted by Crippen LogP contribution is -2.16. The van der Waals surface area contributed by atoms with E-state index in [0.717, 1.165) is 0 Å². The number of rotatable bonds is 3. The van der Waals surface area contributed by atoms with Crippen LogP contribution < -0.4 is 5.32 Å². The number of hydrogen-bond donors (Lipinski definition) is 3. The average molecular weight is 182 g/mol. The van der Waals surface area contributed by atoms with Gasteiger partial charge >= 0.3 is 0 Å². The molecule has 4 heteroatoms. The van der Waals surface area contributed by atoms with Crippen LogP contribution >= 0.6 is 0 Å². The Hall–Kier alpha value is -1.26. The molecule has 0 aromatic heterocycles. The Balaban J connectivity index is 2.84. The summed E-state index contributed by atoms with van der Waals surface area (Å²) >= 11 is 0. The van der Waals surface area contributed by atoms with Crippen molar-refractivity contribution < 1.29 is 15.3 Å². The molecule has 0 aliphatic carbocycles. The zero-order chi connectivity index (χ0) is 9.84. The van der Waals surface area contributed by atoms with Crippen LogP contribution in [-0.4, -0.2) is 23.8 Å². The molecule has 0 amide bonds. The lowest BCUT2D eigenvalue weighted by molar-refractivity contribution is 0.177. The zero-order valence-electron chi connectivity index (χ0n) is 7.32. The van der Waals surface area contributed by atoms with Crippen LogP contribution in [0.4, 0.5) is 0 Å². The molecule has 13 heavy (non-hydrogen) atoms. The summed E-state index contributed by atoms with van der Waals surface area (Å²) in [5, 5.41) is 32.2. The third-order valence-electron chi connectivity index (χ3n) is 1.77. The number of likely N-dealkylation sites (N-methyl/N-ethyl adjacent to an activating group) is 1. The lowest BCUT2D eigenvalue weighted by Gasteiger charge is -2.09. The van der Waals surface area contributed by atoms with Crippen LogP contribution in [0.3, 0.4) is 0 Å². The van der Waals surface area contributed by atoms with Gasteiger partial charge in [-0.3, -0.25) is 5.11 Å². The van der Waals surface area contributed by atoms with Crippen molar-refractivity contribution in [3.8, 4) is 11.5 Å². The topological polar surface area (TPSA) is 72.4 Å². The number of phenolic OH excluding ortho intramolecular Hbond substituents is 1. The minimum Gasteiger partial charge on any atom is -0.504 e. The van der Waals surface area contributed by atoms with Gasteiger partial charge < -0.3 is 15.5 Å². The van der Waals surface area contributed by atoms with E-state index in [9.17, 15) is 10.2 Å². The first kappa shape index (κ1) is 9.83. The molecule has 0 aliphatic heterocycles. The van der Waals surface area contributed by atoms with Crippen molar-refractivity contribution in [1.29, 1.82) is 0 Å². The van der Waals surface area contributed by atoms with Crippen molar-refractivity contribution >= 4 is 0 Å². The van der Waals surface area contributed by atoms with Crippen LogP contribution in [0.15, 0.2) is 18.2 Å². The van der Waals surface area contributed by atoms with E-state index in [1.165, 1.54) is 18.2 Å². The number of phenols is 1. The quantitative estimate of drug-likeness (QED) is 0.647. The highest BCUT2D eigenvalue weighted by Gasteiger charge is 2.09. The molecule has 1 radical (unpaired) electrons. The molecule has 1 unspecified atom stereocenters. The number of nitrogens with one attached hydrogen (secondary N) is 1. The largest absolute Gasteiger partial charge is 0.504 e. The maximum Gasteiger partial charge on any atom is 0.220 e. The molecule has 0 heterocycles. The number of hydrogen-bond acceptors (Lipinski definition) is 3. The van der Waals surface area contributed by atoms with Crippen LogP contribution in [0, 0.1) is 0 Å². The van der Waals surface area contributed by atoms with Crippen molar-refractivity contribution in [1.82, 2.24) is 5.32 Å². The van der Waals surface area contributed by atoms with E-state index in [0.29, 0.717) is 12.1 Å². The van der Waals surface area contributed by atoms with Gasteiger partial charge in [0.2, 0.25) is 5.75 Å². The first-order valence-corrected chi connectivity index (χ1v) is 3.97. The molecule has 0 spiro atoms. The standard InChI is InChI=1S/C9H12NO3/c1-10-5-9(13)6-2-3-7(11)8(12)4-6/h2-4,9-11,13H,5H2,1H3. The van der Waals surface area contributed by atoms with Gasteiger partial charge in [0.15, 0.2) is 5.75 Å². The normalized spacial score (nSPS) is 12.8. The van der Waals surface area contributed by atoms with Gasteiger partial charge in [0.05, 0.1) is 6.10 Å². The summed E-state index contributed by atoms with van der Waals surface area (Å²) in [6.45, 7) is 0.379. The summed E-state index contributed by atoms with van der Waals surface area (Å²) < 4.78 is 0. The van der Waals surface area contributed by atoms with Crippen molar-refractivity contribution in [2.75, 3.05) is 13.6 Å². The molecule has 0 saturated heterocycles. The van der Waals surface area contributed by atoms with E-state index >= 15 is 0 Å². The Kier molecular flexibility index (Phi) is 3.11. The fraction of sp³-hybridized carbons (Fsp3) is 0.333. The second-order valence-corrected chi connectivity index (χ2v) is 2.80. The number of aliphatic hydroxyl groups excluding tert-OH is 1. The van der Waals surface area contributed by atoms with E-state index in [2.05, 4.69) is 5.32 Å². The number of aliphatic hydroxyl groups is 1. The highest BCUT2D eigenvalue weighted by atomic mass is 16.3. The maximum absolute atomic E-state index is 11.0. The van der Waals surface area contributed by atoms with Crippen molar-refractivity contribution in [2.24, 2.45) is 0 Å². The lowest BCUT2D eigenvalue weighted by atomic mass is 10.1. The van der Waals surface area contributed by atoms with E-state index in [1.807, 2.05) is 0 Å². The Bertz CT molecular complexity index is 288. The molecule has 0 saturated carbocycles. The van der Waals surface area contributed by atoms with Gasteiger partial charge in [-0.05, 0) is 24.7 Å². The van der Waals surface area contributed by atoms with E-state index in [1.54, 1.807) is 7.05 Å². The van der Waals surface area contributed by atoms with Gasteiger partial charge in [0, 0.05) is 6.54 Å². The summed E-state index contributed by atoms with van der Waals surface area (Å²) in [5.74, 6) is -0.756. The van der Waals surface area contributed by atoms with Gasteiger partial charge in [-0.15, -0.1) is 0 Å². The van der Waals surface area contributed by atoms with Gasteiger partial charge in [-0.2, -0.15) is 0 Å². The molecule has 1 aromatic rings. The van der Waals surface area contributed by atoms with Gasteiger partial charge in [0.25, 0.3) is 0 Å². The van der Waals surface area contributed by atoms with Crippen molar-refractivity contribution in [2.45, 2.75) is 6.10 Å². The molecule has 0 bridgehead atoms. The van der Waals surface area contributed by atoms with Gasteiger partial charge in [-0.1, -0.05) is 6.07 Å². The summed E-state index contributed by atoms with van der Waals surface area (Å²) in [5.41, 5.74) is 0.511. The Labute approximate surface area is 76.5 Å². The first-order chi connectivity index (χ1) is 6.15. The minimum absolute atomic E-state index is 0.291. The predicted octanol–water partition coefficient (Wildman–Crippen LogP) is 0.789. The fourth-order valence-electron chi connectivity index (χ4n) is 1.05. The van der Waals surface area contributed by atoms with Crippen molar-refractivity contribution in [3.63, 3.8) is 0 Å². The van der Waals surface area contributed by atoms with E-state index < -0.39 is 11.9 Å². The van der Waals surface area contributed by atoms with Crippen LogP contribution in [0.1, 0.15) is 11.7 Å². The van der Waals surface area contributed by atoms with Crippen LogP contribution in [0.5, 0.6) is 11.5 Å². The predicted molar refractivity (Wildman–Crippen MR) is 47.1 cm³/mol. The third-order valence-corrected chi connectivity index (χ3v) is 1.77. The molecular formula is C9H12NO3. The smallest absolute Gasteiger partial charge is 0.220 e. The van der Waals surface area contributed by atoms with Crippen LogP contribution in [-0.2, 0) is 5.11 Å².